The van der Waals surface area contributed by atoms with Crippen LogP contribution in [0.4, 0.5) is 15.1 Å². The summed E-state index contributed by atoms with van der Waals surface area (Å²) in [6.07, 6.45) is 0.240. The van der Waals surface area contributed by atoms with Crippen LogP contribution in [0.25, 0.3) is 0 Å². The second-order valence-corrected chi connectivity index (χ2v) is 7.67. The Morgan fingerprint density at radius 3 is 2.63 bits per heavy atom. The van der Waals surface area contributed by atoms with Gasteiger partial charge in [0.1, 0.15) is 10.7 Å². The smallest absolute Gasteiger partial charge is 0.349 e. The first-order valence-corrected chi connectivity index (χ1v) is 9.86. The molecule has 1 unspecified atom stereocenters. The van der Waals surface area contributed by atoms with Gasteiger partial charge in [-0.1, -0.05) is 11.6 Å². The number of nitrogens with one attached hydrogen (secondary N) is 2. The number of furan rings is 1. The number of hydrogen-bond donors (Lipinski definition) is 2. The van der Waals surface area contributed by atoms with Gasteiger partial charge in [0, 0.05) is 0 Å². The van der Waals surface area contributed by atoms with Gasteiger partial charge in [-0.2, -0.15) is 0 Å². The number of ether oxygens (including phenoxy) is 1. The Balaban J connectivity index is 1.62. The van der Waals surface area contributed by atoms with Crippen molar-refractivity contribution in [2.75, 3.05) is 10.6 Å². The monoisotopic (exact) mass is 450 g/mol. The van der Waals surface area contributed by atoms with Crippen LogP contribution in [0.15, 0.2) is 47.1 Å². The summed E-state index contributed by atoms with van der Waals surface area (Å²) in [6, 6.07) is 8.22. The Labute approximate surface area is 179 Å². The zero-order chi connectivity index (χ0) is 21.8. The van der Waals surface area contributed by atoms with Crippen LogP contribution in [0, 0.1) is 12.7 Å². The van der Waals surface area contributed by atoms with Crippen molar-refractivity contribution in [3.05, 3.63) is 69.7 Å². The molecule has 2 heterocycles. The first-order valence-electron chi connectivity index (χ1n) is 8.66. The normalized spacial score (nSPS) is 11.6. The van der Waals surface area contributed by atoms with Crippen LogP contribution in [0.5, 0.6) is 0 Å². The van der Waals surface area contributed by atoms with Gasteiger partial charge in [-0.25, -0.2) is 9.18 Å². The maximum atomic E-state index is 13.1. The van der Waals surface area contributed by atoms with E-state index in [1.165, 1.54) is 25.3 Å². The molecule has 0 saturated carbocycles. The summed E-state index contributed by atoms with van der Waals surface area (Å²) in [5, 5.41) is 5.56. The molecule has 2 aromatic heterocycles. The summed E-state index contributed by atoms with van der Waals surface area (Å²) in [5.74, 6) is -2.21. The largest absolute Gasteiger partial charge is 0.459 e. The van der Waals surface area contributed by atoms with E-state index in [2.05, 4.69) is 10.6 Å². The zero-order valence-electron chi connectivity index (χ0n) is 15.8. The number of anilines is 2. The molecule has 0 bridgehead atoms. The lowest BCUT2D eigenvalue weighted by Crippen LogP contribution is -2.30. The Bertz CT molecular complexity index is 1100. The minimum atomic E-state index is -1.14. The Hall–Kier alpha value is -3.17. The van der Waals surface area contributed by atoms with E-state index in [0.717, 1.165) is 23.5 Å². The highest BCUT2D eigenvalue weighted by Crippen LogP contribution is 2.28. The highest BCUT2D eigenvalue weighted by atomic mass is 35.5. The molecule has 30 heavy (non-hydrogen) atoms. The number of carbonyl (C=O) groups excluding carboxylic acids is 3. The van der Waals surface area contributed by atoms with Crippen LogP contribution in [-0.4, -0.2) is 23.9 Å². The number of aryl methyl sites for hydroxylation is 1. The number of rotatable bonds is 6. The summed E-state index contributed by atoms with van der Waals surface area (Å²) in [5.41, 5.74) is 0.773. The second kappa shape index (κ2) is 9.10. The molecule has 7 nitrogen and oxygen atoms in total. The molecule has 3 rings (SSSR count). The average molecular weight is 451 g/mol. The van der Waals surface area contributed by atoms with Gasteiger partial charge in [-0.3, -0.25) is 9.59 Å². The van der Waals surface area contributed by atoms with Gasteiger partial charge in [0.05, 0.1) is 22.0 Å². The predicted octanol–water partition coefficient (Wildman–Crippen LogP) is 4.88. The van der Waals surface area contributed by atoms with Gasteiger partial charge in [-0.05, 0) is 55.8 Å². The molecule has 0 spiro atoms. The fraction of sp³-hybridized carbons (Fsp3) is 0.150. The summed E-state index contributed by atoms with van der Waals surface area (Å²) in [4.78, 5) is 37.0. The number of halogens is 2. The third-order valence-electron chi connectivity index (χ3n) is 3.93. The number of amides is 2. The molecule has 10 heteroatoms. The Morgan fingerprint density at radius 1 is 1.20 bits per heavy atom. The number of thiophene rings is 1. The van der Waals surface area contributed by atoms with Gasteiger partial charge in [0.15, 0.2) is 11.9 Å². The number of hydrogen-bond acceptors (Lipinski definition) is 6. The number of esters is 1. The number of carbonyl (C=O) groups is 3. The van der Waals surface area contributed by atoms with Crippen molar-refractivity contribution in [1.29, 1.82) is 0 Å². The first-order chi connectivity index (χ1) is 14.2. The van der Waals surface area contributed by atoms with E-state index in [-0.39, 0.29) is 21.3 Å². The maximum Gasteiger partial charge on any atom is 0.349 e. The van der Waals surface area contributed by atoms with Crippen LogP contribution in [0.2, 0.25) is 5.02 Å². The summed E-state index contributed by atoms with van der Waals surface area (Å²) >= 11 is 6.89. The van der Waals surface area contributed by atoms with Crippen LogP contribution >= 0.6 is 22.9 Å². The average Bonchev–Trinajstić information content (AvgIpc) is 3.33. The fourth-order valence-electron chi connectivity index (χ4n) is 2.42. The van der Waals surface area contributed by atoms with E-state index in [0.29, 0.717) is 10.6 Å². The molecule has 0 fully saturated rings. The molecule has 2 amide bonds. The molecule has 1 aromatic carbocycles. The minimum absolute atomic E-state index is 0.0212. The van der Waals surface area contributed by atoms with Gasteiger partial charge >= 0.3 is 5.97 Å². The van der Waals surface area contributed by atoms with Crippen LogP contribution in [0.1, 0.15) is 32.7 Å². The quantitative estimate of drug-likeness (QED) is 0.522. The maximum absolute atomic E-state index is 13.1. The van der Waals surface area contributed by atoms with E-state index < -0.39 is 29.7 Å². The SMILES string of the molecule is Cc1cc(NC(=O)c2ccco2)sc1C(=O)OC(C)C(=O)Nc1ccc(F)cc1Cl. The summed E-state index contributed by atoms with van der Waals surface area (Å²) < 4.78 is 23.3. The van der Waals surface area contributed by atoms with Crippen molar-refractivity contribution in [2.45, 2.75) is 20.0 Å². The molecule has 0 aliphatic rings. The van der Waals surface area contributed by atoms with Gasteiger partial charge in [0.25, 0.3) is 11.8 Å². The van der Waals surface area contributed by atoms with Crippen molar-refractivity contribution in [3.63, 3.8) is 0 Å². The van der Waals surface area contributed by atoms with Crippen molar-refractivity contribution in [3.8, 4) is 0 Å². The van der Waals surface area contributed by atoms with Gasteiger partial charge < -0.3 is 19.8 Å². The van der Waals surface area contributed by atoms with E-state index in [1.54, 1.807) is 19.1 Å². The predicted molar refractivity (Wildman–Crippen MR) is 111 cm³/mol. The van der Waals surface area contributed by atoms with Crippen LogP contribution in [0.3, 0.4) is 0 Å². The van der Waals surface area contributed by atoms with E-state index in [4.69, 9.17) is 20.8 Å². The molecule has 1 atom stereocenters. The first kappa shape index (κ1) is 21.5. The lowest BCUT2D eigenvalue weighted by atomic mass is 10.2. The van der Waals surface area contributed by atoms with E-state index in [1.807, 2.05) is 0 Å². The van der Waals surface area contributed by atoms with Gasteiger partial charge in [-0.15, -0.1) is 11.3 Å². The molecule has 3 aromatic rings. The molecular formula is C20H16ClFN2O5S. The molecular weight excluding hydrogens is 435 g/mol. The molecule has 156 valence electrons. The lowest BCUT2D eigenvalue weighted by molar-refractivity contribution is -0.123. The fourth-order valence-corrected chi connectivity index (χ4v) is 3.59. The van der Waals surface area contributed by atoms with Crippen LogP contribution < -0.4 is 10.6 Å². The molecule has 0 aliphatic carbocycles. The number of benzene rings is 1. The topological polar surface area (TPSA) is 97.6 Å². The van der Waals surface area contributed by atoms with Gasteiger partial charge in [0.2, 0.25) is 0 Å². The van der Waals surface area contributed by atoms with E-state index in [9.17, 15) is 18.8 Å². The summed E-state index contributed by atoms with van der Waals surface area (Å²) in [7, 11) is 0. The van der Waals surface area contributed by atoms with Crippen molar-refractivity contribution in [2.24, 2.45) is 0 Å². The third-order valence-corrected chi connectivity index (χ3v) is 5.37. The zero-order valence-corrected chi connectivity index (χ0v) is 17.4. The third kappa shape index (κ3) is 5.05. The Kier molecular flexibility index (Phi) is 6.53. The minimum Gasteiger partial charge on any atom is -0.459 e. The van der Waals surface area contributed by atoms with Crippen molar-refractivity contribution < 1.29 is 27.9 Å². The molecule has 0 radical (unpaired) electrons. The summed E-state index contributed by atoms with van der Waals surface area (Å²) in [6.45, 7) is 3.08. The van der Waals surface area contributed by atoms with Crippen molar-refractivity contribution in [1.82, 2.24) is 0 Å². The molecule has 2 N–H and O–H groups in total. The lowest BCUT2D eigenvalue weighted by Gasteiger charge is -2.14. The van der Waals surface area contributed by atoms with Crippen molar-refractivity contribution >= 4 is 51.4 Å². The Morgan fingerprint density at radius 2 is 1.97 bits per heavy atom. The second-order valence-electron chi connectivity index (χ2n) is 6.22. The highest BCUT2D eigenvalue weighted by Gasteiger charge is 2.23. The standard InChI is InChI=1S/C20H16ClFN2O5S/c1-10-8-16(24-19(26)15-4-3-7-28-15)30-17(10)20(27)29-11(2)18(25)23-14-6-5-12(22)9-13(14)21/h3-9,11H,1-2H3,(H,23,25)(H,24,26). The highest BCUT2D eigenvalue weighted by molar-refractivity contribution is 7.18. The molecule has 0 saturated heterocycles. The van der Waals surface area contributed by atoms with E-state index >= 15 is 0 Å². The molecule has 0 aliphatic heterocycles. The van der Waals surface area contributed by atoms with Crippen LogP contribution in [-0.2, 0) is 9.53 Å².